The van der Waals surface area contributed by atoms with Gasteiger partial charge in [0.1, 0.15) is 5.76 Å². The fourth-order valence-electron chi connectivity index (χ4n) is 2.37. The van der Waals surface area contributed by atoms with Gasteiger partial charge in [0.05, 0.1) is 24.5 Å². The third-order valence-corrected chi connectivity index (χ3v) is 3.21. The smallest absolute Gasteiger partial charge is 0.150 e. The highest BCUT2D eigenvalue weighted by atomic mass is 16.5. The molecule has 88 valence electrons. The van der Waals surface area contributed by atoms with E-state index in [9.17, 15) is 0 Å². The molecule has 0 radical (unpaired) electrons. The van der Waals surface area contributed by atoms with Gasteiger partial charge in [0.15, 0.2) is 0 Å². The lowest BCUT2D eigenvalue weighted by atomic mass is 9.92. The van der Waals surface area contributed by atoms with Gasteiger partial charge in [-0.3, -0.25) is 4.98 Å². The summed E-state index contributed by atoms with van der Waals surface area (Å²) < 4.78 is 5.08. The Bertz CT molecular complexity index is 481. The average molecular weight is 229 g/mol. The zero-order chi connectivity index (χ0) is 11.5. The highest BCUT2D eigenvalue weighted by Crippen LogP contribution is 2.27. The van der Waals surface area contributed by atoms with E-state index in [0.29, 0.717) is 12.6 Å². The second-order valence-electron chi connectivity index (χ2n) is 4.35. The van der Waals surface area contributed by atoms with E-state index in [-0.39, 0.29) is 0 Å². The third kappa shape index (κ3) is 2.22. The van der Waals surface area contributed by atoms with E-state index in [1.54, 1.807) is 6.20 Å². The quantitative estimate of drug-likeness (QED) is 0.877. The largest absolute Gasteiger partial charge is 0.360 e. The molecule has 3 rings (SSSR count). The molecular weight excluding hydrogens is 214 g/mol. The van der Waals surface area contributed by atoms with Crippen LogP contribution in [-0.4, -0.2) is 10.1 Å². The maximum Gasteiger partial charge on any atom is 0.150 e. The van der Waals surface area contributed by atoms with Crippen LogP contribution in [0.3, 0.4) is 0 Å². The van der Waals surface area contributed by atoms with Crippen molar-refractivity contribution in [1.29, 1.82) is 0 Å². The van der Waals surface area contributed by atoms with Crippen molar-refractivity contribution in [1.82, 2.24) is 15.5 Å². The fourth-order valence-corrected chi connectivity index (χ4v) is 2.37. The average Bonchev–Trinajstić information content (AvgIpc) is 2.89. The van der Waals surface area contributed by atoms with Crippen molar-refractivity contribution in [3.63, 3.8) is 0 Å². The molecule has 0 saturated carbocycles. The molecule has 4 nitrogen and oxygen atoms in total. The predicted octanol–water partition coefficient (Wildman–Crippen LogP) is 2.24. The lowest BCUT2D eigenvalue weighted by Gasteiger charge is -2.24. The lowest BCUT2D eigenvalue weighted by Crippen LogP contribution is -2.25. The summed E-state index contributed by atoms with van der Waals surface area (Å²) in [6.07, 6.45) is 7.03. The van der Waals surface area contributed by atoms with Gasteiger partial charge >= 0.3 is 0 Å². The van der Waals surface area contributed by atoms with Crippen molar-refractivity contribution in [3.8, 4) is 0 Å². The zero-order valence-electron chi connectivity index (χ0n) is 9.60. The molecule has 1 aliphatic rings. The first-order valence-corrected chi connectivity index (χ1v) is 6.00. The summed E-state index contributed by atoms with van der Waals surface area (Å²) >= 11 is 0. The lowest BCUT2D eigenvalue weighted by molar-refractivity contribution is 0.353. The summed E-state index contributed by atoms with van der Waals surface area (Å²) in [6.45, 7) is 0.709. The Morgan fingerprint density at radius 2 is 2.35 bits per heavy atom. The summed E-state index contributed by atoms with van der Waals surface area (Å²) in [7, 11) is 0. The number of rotatable bonds is 3. The van der Waals surface area contributed by atoms with E-state index in [1.165, 1.54) is 17.7 Å². The van der Waals surface area contributed by atoms with Gasteiger partial charge in [-0.25, -0.2) is 0 Å². The highest BCUT2D eigenvalue weighted by Gasteiger charge is 2.20. The summed E-state index contributed by atoms with van der Waals surface area (Å²) in [5.41, 5.74) is 2.56. The molecule has 0 bridgehead atoms. The first kappa shape index (κ1) is 10.5. The maximum atomic E-state index is 5.08. The van der Waals surface area contributed by atoms with Gasteiger partial charge < -0.3 is 9.84 Å². The number of pyridine rings is 1. The van der Waals surface area contributed by atoms with Gasteiger partial charge in [-0.2, -0.15) is 0 Å². The number of fused-ring (bicyclic) bond motifs is 1. The van der Waals surface area contributed by atoms with Gasteiger partial charge in [0.2, 0.25) is 0 Å². The predicted molar refractivity (Wildman–Crippen MR) is 63.3 cm³/mol. The van der Waals surface area contributed by atoms with Gasteiger partial charge in [-0.15, -0.1) is 0 Å². The molecule has 0 amide bonds. The molecule has 0 saturated heterocycles. The molecule has 1 unspecified atom stereocenters. The Hall–Kier alpha value is -1.68. The topological polar surface area (TPSA) is 51.0 Å². The summed E-state index contributed by atoms with van der Waals surface area (Å²) in [5, 5.41) is 7.18. The van der Waals surface area contributed by atoms with Crippen LogP contribution in [0.2, 0.25) is 0 Å². The molecule has 4 heteroatoms. The second kappa shape index (κ2) is 4.67. The van der Waals surface area contributed by atoms with Crippen molar-refractivity contribution in [2.75, 3.05) is 0 Å². The van der Waals surface area contributed by atoms with Crippen LogP contribution in [-0.2, 0) is 13.0 Å². The highest BCUT2D eigenvalue weighted by molar-refractivity contribution is 5.25. The van der Waals surface area contributed by atoms with E-state index in [4.69, 9.17) is 4.52 Å². The first-order valence-electron chi connectivity index (χ1n) is 6.00. The van der Waals surface area contributed by atoms with E-state index in [2.05, 4.69) is 21.5 Å². The van der Waals surface area contributed by atoms with Crippen LogP contribution < -0.4 is 5.32 Å². The molecule has 1 aliphatic carbocycles. The van der Waals surface area contributed by atoms with Crippen molar-refractivity contribution in [2.45, 2.75) is 31.8 Å². The monoisotopic (exact) mass is 229 g/mol. The number of nitrogens with one attached hydrogen (secondary N) is 1. The molecule has 0 spiro atoms. The fraction of sp³-hybridized carbons (Fsp3) is 0.385. The van der Waals surface area contributed by atoms with Crippen LogP contribution in [0.25, 0.3) is 0 Å². The molecule has 2 heterocycles. The Labute approximate surface area is 100 Å². The standard InChI is InChI=1S/C13H15N3O/c1-3-10-4-2-7-14-13(10)12(5-1)15-9-11-6-8-16-17-11/h2,4,6-8,12,15H,1,3,5,9H2. The molecule has 17 heavy (non-hydrogen) atoms. The molecular formula is C13H15N3O. The van der Waals surface area contributed by atoms with E-state index in [1.807, 2.05) is 18.3 Å². The number of hydrogen-bond acceptors (Lipinski definition) is 4. The van der Waals surface area contributed by atoms with Crippen molar-refractivity contribution in [2.24, 2.45) is 0 Å². The van der Waals surface area contributed by atoms with E-state index in [0.717, 1.165) is 18.6 Å². The molecule has 1 atom stereocenters. The van der Waals surface area contributed by atoms with Crippen LogP contribution in [0.5, 0.6) is 0 Å². The second-order valence-corrected chi connectivity index (χ2v) is 4.35. The number of aromatic nitrogens is 2. The van der Waals surface area contributed by atoms with Gasteiger partial charge in [-0.05, 0) is 30.9 Å². The Kier molecular flexibility index (Phi) is 2.88. The molecule has 2 aromatic rings. The molecule has 2 aromatic heterocycles. The number of aryl methyl sites for hydroxylation is 1. The molecule has 0 aromatic carbocycles. The molecule has 0 aliphatic heterocycles. The number of nitrogens with zero attached hydrogens (tertiary/aromatic N) is 2. The van der Waals surface area contributed by atoms with Gasteiger partial charge in [0, 0.05) is 12.3 Å². The van der Waals surface area contributed by atoms with Crippen molar-refractivity contribution < 1.29 is 4.52 Å². The summed E-state index contributed by atoms with van der Waals surface area (Å²) in [6, 6.07) is 6.40. The Morgan fingerprint density at radius 1 is 1.35 bits per heavy atom. The van der Waals surface area contributed by atoms with Gasteiger partial charge in [0.25, 0.3) is 0 Å². The minimum Gasteiger partial charge on any atom is -0.360 e. The Balaban J connectivity index is 1.72. The third-order valence-electron chi connectivity index (χ3n) is 3.21. The number of hydrogen-bond donors (Lipinski definition) is 1. The normalized spacial score (nSPS) is 18.9. The molecule has 0 fully saturated rings. The van der Waals surface area contributed by atoms with Crippen LogP contribution in [0.1, 0.15) is 35.9 Å². The summed E-state index contributed by atoms with van der Waals surface area (Å²) in [4.78, 5) is 4.49. The minimum atomic E-state index is 0.338. The van der Waals surface area contributed by atoms with Crippen LogP contribution in [0, 0.1) is 0 Å². The van der Waals surface area contributed by atoms with Crippen LogP contribution in [0.4, 0.5) is 0 Å². The first-order chi connectivity index (χ1) is 8.43. The molecule has 1 N–H and O–H groups in total. The maximum absolute atomic E-state index is 5.08. The Morgan fingerprint density at radius 3 is 3.24 bits per heavy atom. The SMILES string of the molecule is c1cnc2c(c1)CCCC2NCc1ccno1. The van der Waals surface area contributed by atoms with Crippen molar-refractivity contribution in [3.05, 3.63) is 47.6 Å². The van der Waals surface area contributed by atoms with Crippen molar-refractivity contribution >= 4 is 0 Å². The zero-order valence-corrected chi connectivity index (χ0v) is 9.60. The van der Waals surface area contributed by atoms with E-state index < -0.39 is 0 Å². The van der Waals surface area contributed by atoms with Crippen LogP contribution in [0.15, 0.2) is 35.1 Å². The summed E-state index contributed by atoms with van der Waals surface area (Å²) in [5.74, 6) is 0.869. The minimum absolute atomic E-state index is 0.338. The van der Waals surface area contributed by atoms with Crippen LogP contribution >= 0.6 is 0 Å². The van der Waals surface area contributed by atoms with Gasteiger partial charge in [-0.1, -0.05) is 11.2 Å². The van der Waals surface area contributed by atoms with E-state index >= 15 is 0 Å².